The van der Waals surface area contributed by atoms with E-state index in [9.17, 15) is 13.2 Å². The van der Waals surface area contributed by atoms with Gasteiger partial charge in [-0.3, -0.25) is 4.79 Å². The Balaban J connectivity index is 1.57. The van der Waals surface area contributed by atoms with Gasteiger partial charge in [-0.2, -0.15) is 0 Å². The molecule has 0 aromatic heterocycles. The molecule has 1 heterocycles. The van der Waals surface area contributed by atoms with Crippen molar-refractivity contribution in [2.24, 2.45) is 0 Å². The summed E-state index contributed by atoms with van der Waals surface area (Å²) >= 11 is 0. The third kappa shape index (κ3) is 4.72. The highest BCUT2D eigenvalue weighted by molar-refractivity contribution is 7.89. The molecule has 0 atom stereocenters. The van der Waals surface area contributed by atoms with Crippen LogP contribution in [0.25, 0.3) is 0 Å². The standard InChI is InChI=1S/C21H27N3O3S/c1-17-16-19(11-12-20(17)24-15-6-10-21(24)25)28(26,27)22-13-7-14-23(2)18-8-4-3-5-9-18/h3-5,8-9,11-12,16,22H,6-7,10,13-15H2,1-2H3. The highest BCUT2D eigenvalue weighted by atomic mass is 32.2. The molecular formula is C21H27N3O3S. The first-order chi connectivity index (χ1) is 13.4. The molecule has 150 valence electrons. The molecule has 1 saturated heterocycles. The first-order valence-electron chi connectivity index (χ1n) is 9.55. The van der Waals surface area contributed by atoms with Crippen LogP contribution in [0.1, 0.15) is 24.8 Å². The van der Waals surface area contributed by atoms with Crippen LogP contribution in [0.3, 0.4) is 0 Å². The number of rotatable bonds is 8. The van der Waals surface area contributed by atoms with Crippen LogP contribution in [-0.4, -0.2) is 41.0 Å². The fourth-order valence-electron chi connectivity index (χ4n) is 3.42. The molecule has 0 unspecified atom stereocenters. The molecule has 6 nitrogen and oxygen atoms in total. The summed E-state index contributed by atoms with van der Waals surface area (Å²) in [6.07, 6.45) is 2.10. The van der Waals surface area contributed by atoms with Gasteiger partial charge in [-0.25, -0.2) is 13.1 Å². The van der Waals surface area contributed by atoms with Crippen molar-refractivity contribution in [3.63, 3.8) is 0 Å². The third-order valence-electron chi connectivity index (χ3n) is 5.00. The number of benzene rings is 2. The number of carbonyl (C=O) groups is 1. The van der Waals surface area contributed by atoms with E-state index < -0.39 is 10.0 Å². The average Bonchev–Trinajstić information content (AvgIpc) is 3.11. The van der Waals surface area contributed by atoms with Gasteiger partial charge in [0.25, 0.3) is 0 Å². The van der Waals surface area contributed by atoms with E-state index in [-0.39, 0.29) is 10.8 Å². The summed E-state index contributed by atoms with van der Waals surface area (Å²) in [5.74, 6) is 0.0966. The number of amides is 1. The molecule has 1 fully saturated rings. The van der Waals surface area contributed by atoms with E-state index in [0.29, 0.717) is 25.9 Å². The second-order valence-corrected chi connectivity index (χ2v) is 8.87. The molecule has 0 bridgehead atoms. The van der Waals surface area contributed by atoms with E-state index in [2.05, 4.69) is 9.62 Å². The number of para-hydroxylation sites is 1. The lowest BCUT2D eigenvalue weighted by Crippen LogP contribution is -2.28. The highest BCUT2D eigenvalue weighted by Gasteiger charge is 2.24. The van der Waals surface area contributed by atoms with Gasteiger partial charge in [-0.05, 0) is 55.7 Å². The van der Waals surface area contributed by atoms with Gasteiger partial charge in [0.05, 0.1) is 4.90 Å². The Kier molecular flexibility index (Phi) is 6.36. The van der Waals surface area contributed by atoms with Crippen molar-refractivity contribution in [1.29, 1.82) is 0 Å². The number of hydrogen-bond donors (Lipinski definition) is 1. The largest absolute Gasteiger partial charge is 0.375 e. The normalized spacial score (nSPS) is 14.5. The topological polar surface area (TPSA) is 69.7 Å². The smallest absolute Gasteiger partial charge is 0.240 e. The fraction of sp³-hybridized carbons (Fsp3) is 0.381. The molecule has 0 saturated carbocycles. The van der Waals surface area contributed by atoms with Gasteiger partial charge >= 0.3 is 0 Å². The lowest BCUT2D eigenvalue weighted by atomic mass is 10.2. The van der Waals surface area contributed by atoms with E-state index >= 15 is 0 Å². The van der Waals surface area contributed by atoms with Crippen molar-refractivity contribution >= 4 is 27.3 Å². The zero-order valence-electron chi connectivity index (χ0n) is 16.4. The molecule has 2 aromatic carbocycles. The Morgan fingerprint density at radius 2 is 1.89 bits per heavy atom. The van der Waals surface area contributed by atoms with Gasteiger partial charge in [-0.1, -0.05) is 18.2 Å². The van der Waals surface area contributed by atoms with Gasteiger partial charge in [0, 0.05) is 44.5 Å². The van der Waals surface area contributed by atoms with Crippen molar-refractivity contribution in [2.75, 3.05) is 36.5 Å². The highest BCUT2D eigenvalue weighted by Crippen LogP contribution is 2.27. The summed E-state index contributed by atoms with van der Waals surface area (Å²) in [6, 6.07) is 14.9. The number of anilines is 2. The Hall–Kier alpha value is -2.38. The minimum atomic E-state index is -3.57. The Morgan fingerprint density at radius 3 is 2.54 bits per heavy atom. The van der Waals surface area contributed by atoms with Gasteiger partial charge in [0.2, 0.25) is 15.9 Å². The van der Waals surface area contributed by atoms with Crippen molar-refractivity contribution in [3.8, 4) is 0 Å². The van der Waals surface area contributed by atoms with Crippen LogP contribution in [0, 0.1) is 6.92 Å². The first kappa shape index (κ1) is 20.4. The zero-order chi connectivity index (χ0) is 20.1. The van der Waals surface area contributed by atoms with Crippen molar-refractivity contribution in [1.82, 2.24) is 4.72 Å². The second-order valence-electron chi connectivity index (χ2n) is 7.11. The Labute approximate surface area is 167 Å². The monoisotopic (exact) mass is 401 g/mol. The molecular weight excluding hydrogens is 374 g/mol. The third-order valence-corrected chi connectivity index (χ3v) is 6.46. The molecule has 0 spiro atoms. The van der Waals surface area contributed by atoms with E-state index in [1.54, 1.807) is 23.1 Å². The molecule has 1 aliphatic rings. The van der Waals surface area contributed by atoms with Crippen molar-refractivity contribution in [2.45, 2.75) is 31.1 Å². The molecule has 7 heteroatoms. The van der Waals surface area contributed by atoms with Crippen LogP contribution < -0.4 is 14.5 Å². The SMILES string of the molecule is Cc1cc(S(=O)(=O)NCCCN(C)c2ccccc2)ccc1N1CCCC1=O. The molecule has 1 N–H and O–H groups in total. The maximum absolute atomic E-state index is 12.6. The number of nitrogens with zero attached hydrogens (tertiary/aromatic N) is 2. The molecule has 28 heavy (non-hydrogen) atoms. The van der Waals surface area contributed by atoms with Crippen LogP contribution >= 0.6 is 0 Å². The van der Waals surface area contributed by atoms with E-state index in [1.165, 1.54) is 0 Å². The Bertz CT molecular complexity index is 929. The molecule has 1 amide bonds. The predicted octanol–water partition coefficient (Wildman–Crippen LogP) is 2.93. The summed E-state index contributed by atoms with van der Waals surface area (Å²) in [4.78, 5) is 16.0. The summed E-state index contributed by atoms with van der Waals surface area (Å²) in [5.41, 5.74) is 2.70. The van der Waals surface area contributed by atoms with Crippen LogP contribution in [0.4, 0.5) is 11.4 Å². The molecule has 0 radical (unpaired) electrons. The number of hydrogen-bond acceptors (Lipinski definition) is 4. The quantitative estimate of drug-likeness (QED) is 0.691. The number of carbonyl (C=O) groups excluding carboxylic acids is 1. The first-order valence-corrected chi connectivity index (χ1v) is 11.0. The molecule has 1 aliphatic heterocycles. The number of sulfonamides is 1. The van der Waals surface area contributed by atoms with Crippen LogP contribution in [0.2, 0.25) is 0 Å². The van der Waals surface area contributed by atoms with E-state index in [4.69, 9.17) is 0 Å². The predicted molar refractivity (Wildman–Crippen MR) is 112 cm³/mol. The van der Waals surface area contributed by atoms with E-state index in [0.717, 1.165) is 29.9 Å². The average molecular weight is 402 g/mol. The molecule has 0 aliphatic carbocycles. The van der Waals surface area contributed by atoms with Crippen molar-refractivity contribution in [3.05, 3.63) is 54.1 Å². The van der Waals surface area contributed by atoms with Gasteiger partial charge in [0.1, 0.15) is 0 Å². The summed E-state index contributed by atoms with van der Waals surface area (Å²) < 4.78 is 27.9. The minimum Gasteiger partial charge on any atom is -0.375 e. The lowest BCUT2D eigenvalue weighted by molar-refractivity contribution is -0.117. The van der Waals surface area contributed by atoms with Crippen LogP contribution in [0.15, 0.2) is 53.4 Å². The lowest BCUT2D eigenvalue weighted by Gasteiger charge is -2.20. The molecule has 2 aromatic rings. The maximum atomic E-state index is 12.6. The van der Waals surface area contributed by atoms with E-state index in [1.807, 2.05) is 44.3 Å². The second kappa shape index (κ2) is 8.75. The zero-order valence-corrected chi connectivity index (χ0v) is 17.2. The van der Waals surface area contributed by atoms with Crippen LogP contribution in [-0.2, 0) is 14.8 Å². The summed E-state index contributed by atoms with van der Waals surface area (Å²) in [6.45, 7) is 3.65. The van der Waals surface area contributed by atoms with Gasteiger partial charge < -0.3 is 9.80 Å². The van der Waals surface area contributed by atoms with Gasteiger partial charge in [-0.15, -0.1) is 0 Å². The summed E-state index contributed by atoms with van der Waals surface area (Å²) in [5, 5.41) is 0. The number of nitrogens with one attached hydrogen (secondary N) is 1. The summed E-state index contributed by atoms with van der Waals surface area (Å²) in [7, 11) is -1.58. The number of aryl methyl sites for hydroxylation is 1. The van der Waals surface area contributed by atoms with Crippen LogP contribution in [0.5, 0.6) is 0 Å². The maximum Gasteiger partial charge on any atom is 0.240 e. The minimum absolute atomic E-state index is 0.0966. The molecule has 3 rings (SSSR count). The Morgan fingerprint density at radius 1 is 1.14 bits per heavy atom. The van der Waals surface area contributed by atoms with Gasteiger partial charge in [0.15, 0.2) is 0 Å². The fourth-order valence-corrected chi connectivity index (χ4v) is 4.58. The van der Waals surface area contributed by atoms with Crippen molar-refractivity contribution < 1.29 is 13.2 Å².